The Bertz CT molecular complexity index is 931. The SMILES string of the molecule is N[C@@H](CO)c1ccccc1.O=C1CSC(=N[C@@H](CO)c2ccccc2)N1.O=C1CSC(=S)N1. The largest absolute Gasteiger partial charge is 0.394 e. The minimum absolute atomic E-state index is 0.00398. The van der Waals surface area contributed by atoms with Gasteiger partial charge in [0.2, 0.25) is 11.8 Å². The van der Waals surface area contributed by atoms with Crippen molar-refractivity contribution in [2.75, 3.05) is 24.7 Å². The van der Waals surface area contributed by atoms with Crippen molar-refractivity contribution >= 4 is 57.0 Å². The van der Waals surface area contributed by atoms with Gasteiger partial charge in [0.1, 0.15) is 10.4 Å². The average molecular weight is 507 g/mol. The average Bonchev–Trinajstić information content (AvgIpc) is 3.45. The van der Waals surface area contributed by atoms with E-state index in [9.17, 15) is 14.7 Å². The number of benzene rings is 2. The molecule has 0 unspecified atom stereocenters. The number of aliphatic hydroxyl groups is 2. The molecular formula is C22H26N4O4S3. The summed E-state index contributed by atoms with van der Waals surface area (Å²) in [6.45, 7) is -0.0616. The Morgan fingerprint density at radius 2 is 1.42 bits per heavy atom. The van der Waals surface area contributed by atoms with Crippen molar-refractivity contribution in [1.29, 1.82) is 0 Å². The Hall–Kier alpha value is -2.28. The molecule has 176 valence electrons. The molecule has 2 amide bonds. The van der Waals surface area contributed by atoms with Crippen molar-refractivity contribution in [2.24, 2.45) is 10.7 Å². The summed E-state index contributed by atoms with van der Waals surface area (Å²) >= 11 is 7.37. The van der Waals surface area contributed by atoms with Crippen LogP contribution in [0.3, 0.4) is 0 Å². The highest BCUT2D eigenvalue weighted by molar-refractivity contribution is 8.24. The number of amides is 2. The molecular weight excluding hydrogens is 480 g/mol. The third-order valence-electron chi connectivity index (χ3n) is 4.22. The van der Waals surface area contributed by atoms with Crippen molar-refractivity contribution in [3.63, 3.8) is 0 Å². The van der Waals surface area contributed by atoms with Crippen molar-refractivity contribution in [1.82, 2.24) is 10.6 Å². The Kier molecular flexibility index (Phi) is 12.1. The maximum atomic E-state index is 11.0. The number of nitrogens with one attached hydrogen (secondary N) is 2. The summed E-state index contributed by atoms with van der Waals surface area (Å²) in [4.78, 5) is 25.5. The van der Waals surface area contributed by atoms with Crippen LogP contribution in [-0.4, -0.2) is 56.2 Å². The van der Waals surface area contributed by atoms with Gasteiger partial charge < -0.3 is 26.6 Å². The fourth-order valence-corrected chi connectivity index (χ4v) is 4.09. The molecule has 2 atom stereocenters. The van der Waals surface area contributed by atoms with Crippen molar-refractivity contribution < 1.29 is 19.8 Å². The fourth-order valence-electron chi connectivity index (χ4n) is 2.56. The number of hydrogen-bond donors (Lipinski definition) is 5. The second-order valence-electron chi connectivity index (χ2n) is 6.70. The van der Waals surface area contributed by atoms with E-state index in [4.69, 9.17) is 10.8 Å². The first kappa shape index (κ1) is 27.0. The fraction of sp³-hybridized carbons (Fsp3) is 0.273. The van der Waals surface area contributed by atoms with Gasteiger partial charge in [0.15, 0.2) is 5.17 Å². The molecule has 2 heterocycles. The molecule has 2 saturated heterocycles. The first-order valence-electron chi connectivity index (χ1n) is 9.97. The van der Waals surface area contributed by atoms with Crippen LogP contribution in [0.15, 0.2) is 65.7 Å². The van der Waals surface area contributed by atoms with Crippen molar-refractivity contribution in [3.05, 3.63) is 71.8 Å². The van der Waals surface area contributed by atoms with Crippen LogP contribution in [0.1, 0.15) is 23.2 Å². The molecule has 4 rings (SSSR count). The highest BCUT2D eigenvalue weighted by atomic mass is 32.2. The molecule has 2 aliphatic rings. The molecule has 0 aromatic heterocycles. The second kappa shape index (κ2) is 14.8. The smallest absolute Gasteiger partial charge is 0.236 e. The van der Waals surface area contributed by atoms with Gasteiger partial charge >= 0.3 is 0 Å². The maximum absolute atomic E-state index is 11.0. The van der Waals surface area contributed by atoms with Crippen molar-refractivity contribution in [2.45, 2.75) is 12.1 Å². The van der Waals surface area contributed by atoms with Crippen LogP contribution in [0.2, 0.25) is 0 Å². The van der Waals surface area contributed by atoms with Crippen LogP contribution in [-0.2, 0) is 9.59 Å². The number of carbonyl (C=O) groups excluding carboxylic acids is 2. The predicted molar refractivity (Wildman–Crippen MR) is 138 cm³/mol. The van der Waals surface area contributed by atoms with Crippen LogP contribution in [0.5, 0.6) is 0 Å². The summed E-state index contributed by atoms with van der Waals surface area (Å²) in [6, 6.07) is 18.5. The van der Waals surface area contributed by atoms with E-state index in [-0.39, 0.29) is 37.1 Å². The number of nitrogens with zero attached hydrogens (tertiary/aromatic N) is 1. The summed E-state index contributed by atoms with van der Waals surface area (Å²) in [5.41, 5.74) is 7.46. The minimum atomic E-state index is -0.304. The number of thioether (sulfide) groups is 2. The Morgan fingerprint density at radius 1 is 0.879 bits per heavy atom. The lowest BCUT2D eigenvalue weighted by Gasteiger charge is -2.10. The zero-order chi connectivity index (χ0) is 24.1. The third-order valence-corrected chi connectivity index (χ3v) is 6.33. The molecule has 2 fully saturated rings. The number of aliphatic hydroxyl groups excluding tert-OH is 2. The molecule has 0 spiro atoms. The van der Waals surface area contributed by atoms with Crippen LogP contribution < -0.4 is 16.4 Å². The van der Waals surface area contributed by atoms with Crippen molar-refractivity contribution in [3.8, 4) is 0 Å². The van der Waals surface area contributed by atoms with Gasteiger partial charge in [-0.15, -0.1) is 0 Å². The number of thiocarbonyl (C=S) groups is 1. The summed E-state index contributed by atoms with van der Waals surface area (Å²) in [5, 5.41) is 23.7. The lowest BCUT2D eigenvalue weighted by molar-refractivity contribution is -0.117. The first-order valence-corrected chi connectivity index (χ1v) is 12.3. The van der Waals surface area contributed by atoms with Gasteiger partial charge in [0.25, 0.3) is 0 Å². The first-order chi connectivity index (χ1) is 15.9. The van der Waals surface area contributed by atoms with E-state index in [1.807, 2.05) is 60.7 Å². The molecule has 11 heteroatoms. The number of rotatable bonds is 5. The van der Waals surface area contributed by atoms with E-state index in [1.165, 1.54) is 23.5 Å². The van der Waals surface area contributed by atoms with Crippen LogP contribution in [0, 0.1) is 0 Å². The van der Waals surface area contributed by atoms with E-state index in [0.29, 0.717) is 21.0 Å². The Labute approximate surface area is 206 Å². The normalized spacial score (nSPS) is 17.8. The van der Waals surface area contributed by atoms with Crippen LogP contribution in [0.4, 0.5) is 0 Å². The van der Waals surface area contributed by atoms with Gasteiger partial charge in [-0.2, -0.15) is 0 Å². The summed E-state index contributed by atoms with van der Waals surface area (Å²) in [6.07, 6.45) is 0. The van der Waals surface area contributed by atoms with Gasteiger partial charge in [0, 0.05) is 0 Å². The number of amidine groups is 1. The van der Waals surface area contributed by atoms with Gasteiger partial charge in [-0.05, 0) is 11.1 Å². The van der Waals surface area contributed by atoms with Gasteiger partial charge in [0.05, 0.1) is 30.8 Å². The topological polar surface area (TPSA) is 137 Å². The third kappa shape index (κ3) is 10.0. The maximum Gasteiger partial charge on any atom is 0.236 e. The summed E-state index contributed by atoms with van der Waals surface area (Å²) < 4.78 is 0.602. The van der Waals surface area contributed by atoms with Crippen LogP contribution in [0.25, 0.3) is 0 Å². The second-order valence-corrected chi connectivity index (χ2v) is 9.32. The lowest BCUT2D eigenvalue weighted by atomic mass is 10.1. The molecule has 6 N–H and O–H groups in total. The molecule has 0 aliphatic carbocycles. The van der Waals surface area contributed by atoms with Crippen LogP contribution >= 0.6 is 35.7 Å². The molecule has 0 bridgehead atoms. The van der Waals surface area contributed by atoms with E-state index in [2.05, 4.69) is 27.8 Å². The van der Waals surface area contributed by atoms with Gasteiger partial charge in [-0.3, -0.25) is 14.6 Å². The molecule has 2 aromatic rings. The van der Waals surface area contributed by atoms with Gasteiger partial charge in [-0.25, -0.2) is 0 Å². The zero-order valence-corrected chi connectivity index (χ0v) is 20.2. The predicted octanol–water partition coefficient (Wildman–Crippen LogP) is 1.75. The Balaban J connectivity index is 0.000000193. The monoisotopic (exact) mass is 506 g/mol. The number of hydrogen-bond acceptors (Lipinski definition) is 9. The highest BCUT2D eigenvalue weighted by Gasteiger charge is 2.18. The quantitative estimate of drug-likeness (QED) is 0.387. The molecule has 0 radical (unpaired) electrons. The van der Waals surface area contributed by atoms with E-state index >= 15 is 0 Å². The lowest BCUT2D eigenvalue weighted by Crippen LogP contribution is -2.21. The Morgan fingerprint density at radius 3 is 1.82 bits per heavy atom. The van der Waals surface area contributed by atoms with E-state index in [1.54, 1.807) is 0 Å². The molecule has 2 aromatic carbocycles. The van der Waals surface area contributed by atoms with E-state index < -0.39 is 0 Å². The van der Waals surface area contributed by atoms with E-state index in [0.717, 1.165) is 11.1 Å². The van der Waals surface area contributed by atoms with Gasteiger partial charge in [-0.1, -0.05) is 96.4 Å². The minimum Gasteiger partial charge on any atom is -0.394 e. The highest BCUT2D eigenvalue weighted by Crippen LogP contribution is 2.20. The molecule has 2 aliphatic heterocycles. The summed E-state index contributed by atoms with van der Waals surface area (Å²) in [5.74, 6) is 0.897. The molecule has 33 heavy (non-hydrogen) atoms. The number of aliphatic imine (C=N–C) groups is 1. The molecule has 0 saturated carbocycles. The summed E-state index contributed by atoms with van der Waals surface area (Å²) in [7, 11) is 0. The number of nitrogens with two attached hydrogens (primary N) is 1. The standard InChI is InChI=1S/C11H12N2O2S.C8H11NO.C3H3NOS2/c14-6-9(8-4-2-1-3-5-8)12-11-13-10(15)7-16-11;9-8(6-10)7-4-2-1-3-5-7;5-2-1-7-3(6)4-2/h1-5,9,14H,6-7H2,(H,12,13,15);1-5,8,10H,6,9H2;1H2,(H,4,5,6)/t9-;8-;/m00./s1. The number of carbonyl (C=O) groups is 2. The zero-order valence-electron chi connectivity index (χ0n) is 17.7. The molecule has 8 nitrogen and oxygen atoms in total.